The third-order valence-electron chi connectivity index (χ3n) is 1.39. The number of hydrogen-bond acceptors (Lipinski definition) is 3. The van der Waals surface area contributed by atoms with Gasteiger partial charge >= 0.3 is 0 Å². The molecular formula is C8H8NO2S. The first-order valence-electron chi connectivity index (χ1n) is 3.43. The topological polar surface area (TPSA) is 43.1 Å². The van der Waals surface area contributed by atoms with Crippen molar-refractivity contribution in [3.63, 3.8) is 0 Å². The fourth-order valence-corrected chi connectivity index (χ4v) is 1.23. The van der Waals surface area contributed by atoms with E-state index in [4.69, 9.17) is 0 Å². The normalized spacial score (nSPS) is 9.75. The fourth-order valence-electron chi connectivity index (χ4n) is 0.803. The molecule has 0 aliphatic rings. The zero-order chi connectivity index (χ0) is 8.97. The molecule has 63 valence electrons. The van der Waals surface area contributed by atoms with Crippen LogP contribution in [0.3, 0.4) is 0 Å². The predicted octanol–water partition coefficient (Wildman–Crippen LogP) is 2.35. The predicted molar refractivity (Wildman–Crippen MR) is 48.4 cm³/mol. The van der Waals surface area contributed by atoms with E-state index in [1.165, 1.54) is 0 Å². The summed E-state index contributed by atoms with van der Waals surface area (Å²) in [5.41, 5.74) is 1.09. The van der Waals surface area contributed by atoms with E-state index in [0.29, 0.717) is 23.3 Å². The Labute approximate surface area is 75.1 Å². The van der Waals surface area contributed by atoms with Crippen molar-refractivity contribution in [1.82, 2.24) is 0 Å². The minimum absolute atomic E-state index is 0.417. The first kappa shape index (κ1) is 9.06. The summed E-state index contributed by atoms with van der Waals surface area (Å²) in [5.74, 6) is 0. The monoisotopic (exact) mass is 182 g/mol. The molecule has 0 amide bonds. The molecule has 12 heavy (non-hydrogen) atoms. The second-order valence-corrected chi connectivity index (χ2v) is 3.16. The Morgan fingerprint density at radius 1 is 1.42 bits per heavy atom. The lowest BCUT2D eigenvalue weighted by Crippen LogP contribution is -1.84. The van der Waals surface area contributed by atoms with E-state index >= 15 is 0 Å². The molecule has 0 spiro atoms. The van der Waals surface area contributed by atoms with Gasteiger partial charge in [0.1, 0.15) is 4.33 Å². The maximum atomic E-state index is 10.1. The van der Waals surface area contributed by atoms with Crippen LogP contribution < -0.4 is 0 Å². The number of rotatable bonds is 3. The second-order valence-electron chi connectivity index (χ2n) is 2.21. The number of benzene rings is 1. The molecule has 0 fully saturated rings. The first-order valence-corrected chi connectivity index (χ1v) is 4.20. The summed E-state index contributed by atoms with van der Waals surface area (Å²) in [5, 5.41) is 10.1. The summed E-state index contributed by atoms with van der Waals surface area (Å²) in [6, 6.07) is 7.15. The van der Waals surface area contributed by atoms with Gasteiger partial charge in [-0.05, 0) is 31.0 Å². The highest BCUT2D eigenvalue weighted by molar-refractivity contribution is 7.93. The van der Waals surface area contributed by atoms with E-state index in [1.54, 1.807) is 12.1 Å². The van der Waals surface area contributed by atoms with E-state index in [0.717, 1.165) is 5.56 Å². The van der Waals surface area contributed by atoms with Crippen molar-refractivity contribution >= 4 is 11.9 Å². The Balaban J connectivity index is 2.71. The molecule has 0 atom stereocenters. The fraction of sp³-hybridized carbons (Fsp3) is 0.125. The molecule has 1 rings (SSSR count). The molecule has 1 aromatic rings. The lowest BCUT2D eigenvalue weighted by atomic mass is 10.2. The average Bonchev–Trinajstić information content (AvgIpc) is 2.05. The van der Waals surface area contributed by atoms with Crippen molar-refractivity contribution in [3.05, 3.63) is 46.9 Å². The molecule has 0 aliphatic carbocycles. The Kier molecular flexibility index (Phi) is 3.10. The molecule has 0 N–H and O–H groups in total. The summed E-state index contributed by atoms with van der Waals surface area (Å²) in [7, 11) is 0. The van der Waals surface area contributed by atoms with Gasteiger partial charge in [0.05, 0.1) is 4.90 Å². The van der Waals surface area contributed by atoms with E-state index in [9.17, 15) is 10.1 Å². The van der Waals surface area contributed by atoms with Crippen molar-refractivity contribution in [3.8, 4) is 0 Å². The van der Waals surface area contributed by atoms with Crippen LogP contribution in [0.2, 0.25) is 0 Å². The van der Waals surface area contributed by atoms with Crippen LogP contribution in [0.1, 0.15) is 5.56 Å². The molecule has 1 radical (unpaired) electrons. The summed E-state index contributed by atoms with van der Waals surface area (Å²) in [6.07, 6.45) is 0.712. The Morgan fingerprint density at radius 2 is 2.00 bits per heavy atom. The van der Waals surface area contributed by atoms with Crippen molar-refractivity contribution in [2.45, 2.75) is 11.3 Å². The van der Waals surface area contributed by atoms with Crippen molar-refractivity contribution in [2.75, 3.05) is 0 Å². The van der Waals surface area contributed by atoms with Gasteiger partial charge in [0.25, 0.3) is 11.9 Å². The van der Waals surface area contributed by atoms with E-state index in [2.05, 4.69) is 6.92 Å². The molecule has 0 bridgehead atoms. The zero-order valence-electron chi connectivity index (χ0n) is 6.40. The van der Waals surface area contributed by atoms with Gasteiger partial charge in [0.2, 0.25) is 0 Å². The van der Waals surface area contributed by atoms with Crippen LogP contribution in [-0.2, 0) is 6.42 Å². The molecule has 0 saturated heterocycles. The largest absolute Gasteiger partial charge is 0.265 e. The van der Waals surface area contributed by atoms with Gasteiger partial charge in [-0.15, -0.1) is 0 Å². The third-order valence-corrected chi connectivity index (χ3v) is 2.02. The first-order chi connectivity index (χ1) is 5.72. The molecule has 1 aromatic carbocycles. The molecule has 0 aliphatic heterocycles. The molecule has 0 saturated carbocycles. The Morgan fingerprint density at radius 3 is 2.42 bits per heavy atom. The number of nitrogens with zero attached hydrogens (tertiary/aromatic N) is 1. The van der Waals surface area contributed by atoms with Crippen LogP contribution in [0.15, 0.2) is 29.2 Å². The maximum absolute atomic E-state index is 10.1. The summed E-state index contributed by atoms with van der Waals surface area (Å²) < 4.78 is -0.417. The highest BCUT2D eigenvalue weighted by Gasteiger charge is 2.03. The summed E-state index contributed by atoms with van der Waals surface area (Å²) >= 11 is 0.619. The van der Waals surface area contributed by atoms with Crippen LogP contribution in [-0.4, -0.2) is 4.33 Å². The van der Waals surface area contributed by atoms with Crippen molar-refractivity contribution in [2.24, 2.45) is 0 Å². The quantitative estimate of drug-likeness (QED) is 0.409. The number of nitro groups is 1. The standard InChI is InChI=1S/C8H8NO2S/c1-2-7-3-5-8(6-4-7)12-9(10)11/h3-6H,1-2H2. The van der Waals surface area contributed by atoms with E-state index in [1.807, 2.05) is 12.1 Å². The van der Waals surface area contributed by atoms with E-state index < -0.39 is 4.33 Å². The molecule has 0 heterocycles. The summed E-state index contributed by atoms with van der Waals surface area (Å²) in [4.78, 5) is 10.7. The van der Waals surface area contributed by atoms with Crippen LogP contribution in [0, 0.1) is 17.0 Å². The van der Waals surface area contributed by atoms with Gasteiger partial charge in [-0.25, -0.2) is 0 Å². The van der Waals surface area contributed by atoms with Crippen molar-refractivity contribution in [1.29, 1.82) is 0 Å². The molecular weight excluding hydrogens is 174 g/mol. The zero-order valence-corrected chi connectivity index (χ0v) is 7.21. The lowest BCUT2D eigenvalue weighted by molar-refractivity contribution is -0.284. The van der Waals surface area contributed by atoms with Crippen LogP contribution in [0.25, 0.3) is 0 Å². The molecule has 0 unspecified atom stereocenters. The Bertz CT molecular complexity index is 271. The minimum atomic E-state index is -0.417. The molecule has 3 nitrogen and oxygen atoms in total. The average molecular weight is 182 g/mol. The van der Waals surface area contributed by atoms with Gasteiger partial charge in [-0.2, -0.15) is 0 Å². The van der Waals surface area contributed by atoms with Gasteiger partial charge in [0.15, 0.2) is 0 Å². The number of hydrogen-bond donors (Lipinski definition) is 0. The molecule has 4 heteroatoms. The smallest absolute Gasteiger partial charge is 0.250 e. The minimum Gasteiger partial charge on any atom is -0.250 e. The van der Waals surface area contributed by atoms with Gasteiger partial charge in [-0.3, -0.25) is 10.1 Å². The van der Waals surface area contributed by atoms with Gasteiger partial charge in [-0.1, -0.05) is 12.1 Å². The lowest BCUT2D eigenvalue weighted by Gasteiger charge is -1.95. The van der Waals surface area contributed by atoms with Gasteiger partial charge < -0.3 is 0 Å². The highest BCUT2D eigenvalue weighted by atomic mass is 32.2. The maximum Gasteiger partial charge on any atom is 0.265 e. The third kappa shape index (κ3) is 2.54. The van der Waals surface area contributed by atoms with Crippen molar-refractivity contribution < 1.29 is 4.33 Å². The van der Waals surface area contributed by atoms with Crippen LogP contribution in [0.4, 0.5) is 0 Å². The van der Waals surface area contributed by atoms with Crippen LogP contribution in [0.5, 0.6) is 0 Å². The highest BCUT2D eigenvalue weighted by Crippen LogP contribution is 2.18. The summed E-state index contributed by atoms with van der Waals surface area (Å²) in [6.45, 7) is 3.71. The van der Waals surface area contributed by atoms with E-state index in [-0.39, 0.29) is 0 Å². The SMILES string of the molecule is [CH2]Cc1ccc(S[N+](=O)[O-])cc1. The molecule has 0 aromatic heterocycles. The van der Waals surface area contributed by atoms with Gasteiger partial charge in [0, 0.05) is 0 Å². The second kappa shape index (κ2) is 4.11. The van der Waals surface area contributed by atoms with Crippen LogP contribution >= 0.6 is 11.9 Å². The Hall–Kier alpha value is -1.03.